The first kappa shape index (κ1) is 21.7. The Morgan fingerprint density at radius 1 is 0.906 bits per heavy atom. The highest BCUT2D eigenvalue weighted by Crippen LogP contribution is 2.27. The Morgan fingerprint density at radius 2 is 1.62 bits per heavy atom. The summed E-state index contributed by atoms with van der Waals surface area (Å²) in [6.07, 6.45) is 0. The van der Waals surface area contributed by atoms with Crippen LogP contribution in [0.2, 0.25) is 0 Å². The molecule has 162 valence electrons. The molecule has 1 aromatic heterocycles. The molecule has 7 nitrogen and oxygen atoms in total. The first-order chi connectivity index (χ1) is 15.3. The molecule has 0 aliphatic rings. The van der Waals surface area contributed by atoms with Crippen LogP contribution in [0.15, 0.2) is 77.7 Å². The number of nitrogens with one attached hydrogen (secondary N) is 2. The van der Waals surface area contributed by atoms with E-state index in [1.807, 2.05) is 31.2 Å². The fraction of sp³-hybridized carbons (Fsp3) is 0.0870. The molecular formula is C23H20N4O3S2. The first-order valence-corrected chi connectivity index (χ1v) is 12.0. The zero-order valence-corrected chi connectivity index (χ0v) is 19.0. The number of rotatable bonds is 6. The zero-order chi connectivity index (χ0) is 22.7. The maximum atomic E-state index is 12.9. The maximum Gasteiger partial charge on any atom is 0.262 e. The zero-order valence-electron chi connectivity index (χ0n) is 17.4. The molecular weight excluding hydrogens is 444 g/mol. The quantitative estimate of drug-likeness (QED) is 0.424. The Hall–Kier alpha value is -3.56. The minimum absolute atomic E-state index is 0.0339. The molecule has 0 fully saturated rings. The Kier molecular flexibility index (Phi) is 6.02. The first-order valence-electron chi connectivity index (χ1n) is 9.72. The summed E-state index contributed by atoms with van der Waals surface area (Å²) in [4.78, 5) is 12.8. The molecule has 4 rings (SSSR count). The molecule has 0 spiro atoms. The fourth-order valence-electron chi connectivity index (χ4n) is 3.00. The summed E-state index contributed by atoms with van der Waals surface area (Å²) in [5.74, 6) is -0.465. The van der Waals surface area contributed by atoms with Crippen LogP contribution in [0.5, 0.6) is 0 Å². The molecule has 0 radical (unpaired) electrons. The van der Waals surface area contributed by atoms with Crippen LogP contribution in [0.4, 0.5) is 10.8 Å². The molecule has 4 aromatic rings. The maximum absolute atomic E-state index is 12.9. The number of para-hydroxylation sites is 1. The molecule has 0 saturated heterocycles. The Balaban J connectivity index is 1.54. The van der Waals surface area contributed by atoms with Crippen molar-refractivity contribution >= 4 is 38.1 Å². The molecule has 0 bridgehead atoms. The lowest BCUT2D eigenvalue weighted by molar-refractivity contribution is 0.102. The van der Waals surface area contributed by atoms with Crippen molar-refractivity contribution < 1.29 is 13.2 Å². The third-order valence-electron chi connectivity index (χ3n) is 4.71. The SMILES string of the molecule is Cc1ccc(-c2nnc(NC(=O)c3ccc(C)c(S(=O)(=O)Nc4ccccc4)c3)s2)cc1. The molecule has 0 aliphatic heterocycles. The lowest BCUT2D eigenvalue weighted by Gasteiger charge is -2.12. The highest BCUT2D eigenvalue weighted by molar-refractivity contribution is 7.92. The number of sulfonamides is 1. The van der Waals surface area contributed by atoms with Gasteiger partial charge < -0.3 is 0 Å². The number of hydrogen-bond acceptors (Lipinski definition) is 6. The van der Waals surface area contributed by atoms with Gasteiger partial charge in [0, 0.05) is 16.8 Å². The van der Waals surface area contributed by atoms with Crippen molar-refractivity contribution in [1.82, 2.24) is 10.2 Å². The van der Waals surface area contributed by atoms with Crippen molar-refractivity contribution in [3.8, 4) is 10.6 Å². The second kappa shape index (κ2) is 8.89. The number of aryl methyl sites for hydroxylation is 2. The molecule has 0 atom stereocenters. The van der Waals surface area contributed by atoms with E-state index in [1.165, 1.54) is 17.4 Å². The summed E-state index contributed by atoms with van der Waals surface area (Å²) >= 11 is 1.24. The van der Waals surface area contributed by atoms with Crippen LogP contribution < -0.4 is 10.0 Å². The van der Waals surface area contributed by atoms with Crippen LogP contribution in [0.3, 0.4) is 0 Å². The van der Waals surface area contributed by atoms with E-state index in [0.717, 1.165) is 11.1 Å². The van der Waals surface area contributed by atoms with E-state index in [4.69, 9.17) is 0 Å². The second-order valence-corrected chi connectivity index (χ2v) is 9.81. The van der Waals surface area contributed by atoms with Gasteiger partial charge in [-0.25, -0.2) is 8.42 Å². The summed E-state index contributed by atoms with van der Waals surface area (Å²) in [5, 5.41) is 11.9. The molecule has 32 heavy (non-hydrogen) atoms. The van der Waals surface area contributed by atoms with Gasteiger partial charge >= 0.3 is 0 Å². The predicted molar refractivity (Wildman–Crippen MR) is 126 cm³/mol. The average Bonchev–Trinajstić information content (AvgIpc) is 3.23. The highest BCUT2D eigenvalue weighted by Gasteiger charge is 2.20. The van der Waals surface area contributed by atoms with E-state index < -0.39 is 15.9 Å². The monoisotopic (exact) mass is 464 g/mol. The molecule has 1 amide bonds. The number of carbonyl (C=O) groups is 1. The third-order valence-corrected chi connectivity index (χ3v) is 7.12. The Morgan fingerprint density at radius 3 is 2.34 bits per heavy atom. The van der Waals surface area contributed by atoms with Crippen molar-refractivity contribution in [1.29, 1.82) is 0 Å². The van der Waals surface area contributed by atoms with Gasteiger partial charge in [-0.1, -0.05) is 65.4 Å². The van der Waals surface area contributed by atoms with Crippen LogP contribution in [0.1, 0.15) is 21.5 Å². The molecule has 2 N–H and O–H groups in total. The van der Waals surface area contributed by atoms with Crippen LogP contribution in [0.25, 0.3) is 10.6 Å². The van der Waals surface area contributed by atoms with Crippen molar-refractivity contribution in [3.63, 3.8) is 0 Å². The van der Waals surface area contributed by atoms with Gasteiger partial charge in [0.15, 0.2) is 0 Å². The Bertz CT molecular complexity index is 1370. The lowest BCUT2D eigenvalue weighted by Crippen LogP contribution is -2.17. The molecule has 0 saturated carbocycles. The number of nitrogens with zero attached hydrogens (tertiary/aromatic N) is 2. The molecule has 1 heterocycles. The second-order valence-electron chi connectivity index (χ2n) is 7.18. The number of aromatic nitrogens is 2. The van der Waals surface area contributed by atoms with Crippen molar-refractivity contribution in [3.05, 3.63) is 89.5 Å². The summed E-state index contributed by atoms with van der Waals surface area (Å²) in [6, 6.07) is 21.0. The minimum atomic E-state index is -3.86. The molecule has 9 heteroatoms. The van der Waals surface area contributed by atoms with Gasteiger partial charge in [0.1, 0.15) is 5.01 Å². The third kappa shape index (κ3) is 4.84. The number of hydrogen-bond donors (Lipinski definition) is 2. The van der Waals surface area contributed by atoms with Gasteiger partial charge in [-0.2, -0.15) is 0 Å². The summed E-state index contributed by atoms with van der Waals surface area (Å²) in [5.41, 5.74) is 3.22. The van der Waals surface area contributed by atoms with Gasteiger partial charge in [-0.15, -0.1) is 10.2 Å². The highest BCUT2D eigenvalue weighted by atomic mass is 32.2. The predicted octanol–water partition coefficient (Wildman–Crippen LogP) is 4.88. The van der Waals surface area contributed by atoms with E-state index in [1.54, 1.807) is 49.4 Å². The van der Waals surface area contributed by atoms with Crippen molar-refractivity contribution in [2.75, 3.05) is 10.0 Å². The van der Waals surface area contributed by atoms with Crippen LogP contribution in [-0.2, 0) is 10.0 Å². The number of carbonyl (C=O) groups excluding carboxylic acids is 1. The number of amides is 1. The van der Waals surface area contributed by atoms with E-state index >= 15 is 0 Å². The molecule has 0 unspecified atom stereocenters. The molecule has 0 aliphatic carbocycles. The van der Waals surface area contributed by atoms with Crippen molar-refractivity contribution in [2.24, 2.45) is 0 Å². The van der Waals surface area contributed by atoms with Crippen LogP contribution in [0, 0.1) is 13.8 Å². The van der Waals surface area contributed by atoms with E-state index in [2.05, 4.69) is 20.2 Å². The fourth-order valence-corrected chi connectivity index (χ4v) is 5.08. The standard InChI is InChI=1S/C23H20N4O3S2/c1-15-8-11-17(12-9-15)22-25-26-23(31-22)24-21(28)18-13-10-16(2)20(14-18)32(29,30)27-19-6-4-3-5-7-19/h3-14,27H,1-2H3,(H,24,26,28). The van der Waals surface area contributed by atoms with Gasteiger partial charge in [0.05, 0.1) is 4.90 Å². The summed E-state index contributed by atoms with van der Waals surface area (Å²) in [6.45, 7) is 3.68. The topological polar surface area (TPSA) is 101 Å². The number of anilines is 2. The van der Waals surface area contributed by atoms with Crippen molar-refractivity contribution in [2.45, 2.75) is 18.7 Å². The van der Waals surface area contributed by atoms with E-state index in [9.17, 15) is 13.2 Å². The summed E-state index contributed by atoms with van der Waals surface area (Å²) < 4.78 is 28.3. The molecule has 3 aromatic carbocycles. The van der Waals surface area contributed by atoms with Gasteiger partial charge in [-0.3, -0.25) is 14.8 Å². The lowest BCUT2D eigenvalue weighted by atomic mass is 10.1. The van der Waals surface area contributed by atoms with Gasteiger partial charge in [0.2, 0.25) is 5.13 Å². The largest absolute Gasteiger partial charge is 0.296 e. The van der Waals surface area contributed by atoms with E-state index in [-0.39, 0.29) is 10.5 Å². The smallest absolute Gasteiger partial charge is 0.262 e. The average molecular weight is 465 g/mol. The summed E-state index contributed by atoms with van der Waals surface area (Å²) in [7, 11) is -3.86. The minimum Gasteiger partial charge on any atom is -0.296 e. The van der Waals surface area contributed by atoms with Gasteiger partial charge in [0.25, 0.3) is 15.9 Å². The normalized spacial score (nSPS) is 11.2. The van der Waals surface area contributed by atoms with Crippen LogP contribution in [-0.4, -0.2) is 24.5 Å². The van der Waals surface area contributed by atoms with E-state index in [0.29, 0.717) is 21.4 Å². The number of benzene rings is 3. The van der Waals surface area contributed by atoms with Gasteiger partial charge in [-0.05, 0) is 43.7 Å². The van der Waals surface area contributed by atoms with Crippen LogP contribution >= 0.6 is 11.3 Å². The Labute approximate surface area is 190 Å².